The van der Waals surface area contributed by atoms with Crippen molar-refractivity contribution in [2.75, 3.05) is 13.7 Å². The lowest BCUT2D eigenvalue weighted by molar-refractivity contribution is 0.0958. The van der Waals surface area contributed by atoms with Gasteiger partial charge in [-0.05, 0) is 37.0 Å². The van der Waals surface area contributed by atoms with E-state index in [9.17, 15) is 4.79 Å². The smallest absolute Gasteiger partial charge is 0.274 e. The average molecular weight is 398 g/mol. The van der Waals surface area contributed by atoms with Gasteiger partial charge in [-0.15, -0.1) is 0 Å². The lowest BCUT2D eigenvalue weighted by atomic mass is 9.90. The van der Waals surface area contributed by atoms with Gasteiger partial charge < -0.3 is 14.8 Å². The van der Waals surface area contributed by atoms with Crippen LogP contribution in [-0.2, 0) is 0 Å². The van der Waals surface area contributed by atoms with Gasteiger partial charge in [0.25, 0.3) is 11.1 Å². The van der Waals surface area contributed by atoms with Crippen LogP contribution in [0.15, 0.2) is 36.5 Å². The highest BCUT2D eigenvalue weighted by Crippen LogP contribution is 2.33. The predicted molar refractivity (Wildman–Crippen MR) is 109 cm³/mol. The first-order valence-corrected chi connectivity index (χ1v) is 10.4. The maximum atomic E-state index is 11.7. The molecule has 7 heteroatoms. The van der Waals surface area contributed by atoms with Gasteiger partial charge in [0, 0.05) is 25.4 Å². The van der Waals surface area contributed by atoms with Crippen molar-refractivity contribution in [3.63, 3.8) is 0 Å². The second kappa shape index (κ2) is 8.56. The van der Waals surface area contributed by atoms with Crippen molar-refractivity contribution in [1.82, 2.24) is 15.3 Å². The number of benzene rings is 1. The number of fused-ring (bicyclic) bond motifs is 1. The third-order valence-corrected chi connectivity index (χ3v) is 5.87. The molecule has 1 amide bonds. The van der Waals surface area contributed by atoms with E-state index in [1.807, 2.05) is 18.2 Å². The molecular formula is C21H23N3O3S. The van der Waals surface area contributed by atoms with Gasteiger partial charge in [0.05, 0.1) is 16.8 Å². The molecule has 0 unspecified atom stereocenters. The topological polar surface area (TPSA) is 73.3 Å². The molecule has 0 aliphatic heterocycles. The van der Waals surface area contributed by atoms with Crippen molar-refractivity contribution in [1.29, 1.82) is 0 Å². The number of rotatable bonds is 6. The second-order valence-electron chi connectivity index (χ2n) is 6.98. The quantitative estimate of drug-likeness (QED) is 0.647. The number of carbonyl (C=O) groups excluding carboxylic acids is 1. The number of nitrogens with zero attached hydrogens (tertiary/aromatic N) is 2. The van der Waals surface area contributed by atoms with Gasteiger partial charge in [0.2, 0.25) is 0 Å². The molecule has 0 saturated heterocycles. The summed E-state index contributed by atoms with van der Waals surface area (Å²) in [5.41, 5.74) is 1.22. The molecule has 0 bridgehead atoms. The van der Waals surface area contributed by atoms with E-state index in [0.717, 1.165) is 16.8 Å². The Bertz CT molecular complexity index is 966. The Morgan fingerprint density at radius 1 is 1.18 bits per heavy atom. The Kier molecular flexibility index (Phi) is 5.71. The minimum absolute atomic E-state index is 0.247. The fraction of sp³-hybridized carbons (Fsp3) is 0.381. The van der Waals surface area contributed by atoms with Crippen LogP contribution in [0.25, 0.3) is 10.2 Å². The van der Waals surface area contributed by atoms with E-state index >= 15 is 0 Å². The molecule has 0 spiro atoms. The average Bonchev–Trinajstić information content (AvgIpc) is 3.15. The van der Waals surface area contributed by atoms with Crippen LogP contribution in [0.3, 0.4) is 0 Å². The molecule has 146 valence electrons. The zero-order chi connectivity index (χ0) is 19.3. The Labute approximate surface area is 167 Å². The highest BCUT2D eigenvalue weighted by molar-refractivity contribution is 7.20. The summed E-state index contributed by atoms with van der Waals surface area (Å²) >= 11 is 1.53. The summed E-state index contributed by atoms with van der Waals surface area (Å²) < 4.78 is 12.9. The second-order valence-corrected chi connectivity index (χ2v) is 7.98. The number of pyridine rings is 1. The Balaban J connectivity index is 1.45. The van der Waals surface area contributed by atoms with Crippen LogP contribution in [-0.4, -0.2) is 29.5 Å². The number of ether oxygens (including phenoxy) is 2. The molecule has 1 aliphatic carbocycles. The number of aromatic nitrogens is 2. The third kappa shape index (κ3) is 4.42. The first-order valence-electron chi connectivity index (χ1n) is 9.60. The Hall–Kier alpha value is -2.67. The van der Waals surface area contributed by atoms with Crippen LogP contribution >= 0.6 is 11.3 Å². The van der Waals surface area contributed by atoms with Crippen molar-refractivity contribution >= 4 is 27.5 Å². The SMILES string of the molecule is CNC(=O)c1cc(Oc2ccc3nc(OCC4CCCCC4)sc3c2)ccn1. The molecule has 1 fully saturated rings. The first-order chi connectivity index (χ1) is 13.7. The van der Waals surface area contributed by atoms with Gasteiger partial charge in [-0.3, -0.25) is 9.78 Å². The molecule has 1 N–H and O–H groups in total. The monoisotopic (exact) mass is 397 g/mol. The summed E-state index contributed by atoms with van der Waals surface area (Å²) in [7, 11) is 1.57. The van der Waals surface area contributed by atoms with Gasteiger partial charge >= 0.3 is 0 Å². The van der Waals surface area contributed by atoms with Crippen molar-refractivity contribution < 1.29 is 14.3 Å². The largest absolute Gasteiger partial charge is 0.470 e. The summed E-state index contributed by atoms with van der Waals surface area (Å²) in [6.07, 6.45) is 8.04. The zero-order valence-corrected chi connectivity index (χ0v) is 16.6. The van der Waals surface area contributed by atoms with E-state index in [-0.39, 0.29) is 5.91 Å². The van der Waals surface area contributed by atoms with Crippen LogP contribution in [0, 0.1) is 5.92 Å². The molecule has 3 aromatic rings. The van der Waals surface area contributed by atoms with E-state index in [4.69, 9.17) is 9.47 Å². The van der Waals surface area contributed by atoms with Gasteiger partial charge in [0.15, 0.2) is 0 Å². The maximum absolute atomic E-state index is 11.7. The lowest BCUT2D eigenvalue weighted by Gasteiger charge is -2.20. The molecule has 1 saturated carbocycles. The lowest BCUT2D eigenvalue weighted by Crippen LogP contribution is -2.18. The van der Waals surface area contributed by atoms with Gasteiger partial charge in [-0.1, -0.05) is 30.6 Å². The van der Waals surface area contributed by atoms with Crippen molar-refractivity contribution in [2.24, 2.45) is 5.92 Å². The molecule has 6 nitrogen and oxygen atoms in total. The van der Waals surface area contributed by atoms with E-state index in [1.54, 1.807) is 25.4 Å². The number of amides is 1. The molecule has 1 aliphatic rings. The molecule has 28 heavy (non-hydrogen) atoms. The summed E-state index contributed by atoms with van der Waals surface area (Å²) in [4.78, 5) is 20.3. The van der Waals surface area contributed by atoms with E-state index in [2.05, 4.69) is 15.3 Å². The normalized spacial score (nSPS) is 14.8. The molecule has 0 radical (unpaired) electrons. The van der Waals surface area contributed by atoms with Crippen LogP contribution < -0.4 is 14.8 Å². The summed E-state index contributed by atoms with van der Waals surface area (Å²) in [6.45, 7) is 0.752. The van der Waals surface area contributed by atoms with Crippen LogP contribution in [0.5, 0.6) is 16.7 Å². The third-order valence-electron chi connectivity index (χ3n) is 4.93. The highest BCUT2D eigenvalue weighted by Gasteiger charge is 2.15. The Morgan fingerprint density at radius 2 is 2.00 bits per heavy atom. The van der Waals surface area contributed by atoms with Crippen LogP contribution in [0.4, 0.5) is 0 Å². The number of hydrogen-bond acceptors (Lipinski definition) is 6. The minimum atomic E-state index is -0.247. The van der Waals surface area contributed by atoms with Crippen molar-refractivity contribution in [2.45, 2.75) is 32.1 Å². The molecular weight excluding hydrogens is 374 g/mol. The highest BCUT2D eigenvalue weighted by atomic mass is 32.1. The van der Waals surface area contributed by atoms with Gasteiger partial charge in [-0.25, -0.2) is 4.98 Å². The molecule has 0 atom stereocenters. The van der Waals surface area contributed by atoms with Crippen molar-refractivity contribution in [3.05, 3.63) is 42.2 Å². The summed E-state index contributed by atoms with van der Waals surface area (Å²) in [5, 5.41) is 3.27. The van der Waals surface area contributed by atoms with Crippen LogP contribution in [0.1, 0.15) is 42.6 Å². The number of hydrogen-bond donors (Lipinski definition) is 1. The zero-order valence-electron chi connectivity index (χ0n) is 15.8. The fourth-order valence-electron chi connectivity index (χ4n) is 3.41. The van der Waals surface area contributed by atoms with E-state index < -0.39 is 0 Å². The van der Waals surface area contributed by atoms with Gasteiger partial charge in [0.1, 0.15) is 17.2 Å². The number of thiazole rings is 1. The summed E-state index contributed by atoms with van der Waals surface area (Å²) in [6, 6.07) is 9.08. The number of carbonyl (C=O) groups is 1. The summed E-state index contributed by atoms with van der Waals surface area (Å²) in [5.74, 6) is 1.65. The first kappa shape index (κ1) is 18.7. The molecule has 4 rings (SSSR count). The van der Waals surface area contributed by atoms with E-state index in [1.165, 1.54) is 43.4 Å². The predicted octanol–water partition coefficient (Wildman–Crippen LogP) is 4.80. The van der Waals surface area contributed by atoms with Gasteiger partial charge in [-0.2, -0.15) is 0 Å². The maximum Gasteiger partial charge on any atom is 0.274 e. The standard InChI is InChI=1S/C21H23N3O3S/c1-22-20(25)18-11-16(9-10-23-18)27-15-7-8-17-19(12-15)28-21(24-17)26-13-14-5-3-2-4-6-14/h7-12,14H,2-6,13H2,1H3,(H,22,25). The van der Waals surface area contributed by atoms with Crippen molar-refractivity contribution in [3.8, 4) is 16.7 Å². The van der Waals surface area contributed by atoms with Crippen LogP contribution in [0.2, 0.25) is 0 Å². The van der Waals surface area contributed by atoms with E-state index in [0.29, 0.717) is 28.3 Å². The molecule has 2 heterocycles. The Morgan fingerprint density at radius 3 is 2.82 bits per heavy atom. The minimum Gasteiger partial charge on any atom is -0.470 e. The molecule has 1 aromatic carbocycles. The fourth-order valence-corrected chi connectivity index (χ4v) is 4.27. The number of nitrogens with one attached hydrogen (secondary N) is 1. The molecule has 2 aromatic heterocycles.